The standard InChI is InChI=1S/C18H22BrFN2O3/c1-3-25-17(23)15-12(2)22(11-5-4-10-19)18(24)21-16(15)13-6-8-14(20)9-7-13/h6-9,16H,3-5,10-11H2,1-2H3,(H,21,24). The maximum atomic E-state index is 13.2. The van der Waals surface area contributed by atoms with Crippen molar-refractivity contribution >= 4 is 27.9 Å². The first kappa shape index (κ1) is 19.4. The second kappa shape index (κ2) is 8.99. The van der Waals surface area contributed by atoms with E-state index in [9.17, 15) is 14.0 Å². The van der Waals surface area contributed by atoms with Crippen molar-refractivity contribution in [3.63, 3.8) is 0 Å². The summed E-state index contributed by atoms with van der Waals surface area (Å²) >= 11 is 3.37. The highest BCUT2D eigenvalue weighted by Crippen LogP contribution is 2.31. The van der Waals surface area contributed by atoms with E-state index in [1.54, 1.807) is 30.9 Å². The molecular weight excluding hydrogens is 391 g/mol. The third kappa shape index (κ3) is 4.60. The molecule has 2 rings (SSSR count). The van der Waals surface area contributed by atoms with Crippen LogP contribution in [-0.4, -0.2) is 35.4 Å². The monoisotopic (exact) mass is 412 g/mol. The number of amides is 2. The molecule has 0 saturated carbocycles. The molecule has 1 atom stereocenters. The van der Waals surface area contributed by atoms with Crippen molar-refractivity contribution in [2.24, 2.45) is 0 Å². The van der Waals surface area contributed by atoms with Crippen molar-refractivity contribution in [3.05, 3.63) is 46.9 Å². The molecule has 0 saturated heterocycles. The molecule has 1 aromatic carbocycles. The van der Waals surface area contributed by atoms with Crippen LogP contribution in [0.15, 0.2) is 35.5 Å². The Kier molecular flexibility index (Phi) is 6.99. The number of hydrogen-bond acceptors (Lipinski definition) is 3. The van der Waals surface area contributed by atoms with E-state index in [0.717, 1.165) is 18.2 Å². The predicted octanol–water partition coefficient (Wildman–Crippen LogP) is 3.90. The molecule has 0 aromatic heterocycles. The van der Waals surface area contributed by atoms with Gasteiger partial charge in [0, 0.05) is 17.6 Å². The molecule has 0 bridgehead atoms. The molecule has 136 valence electrons. The largest absolute Gasteiger partial charge is 0.463 e. The summed E-state index contributed by atoms with van der Waals surface area (Å²) in [6, 6.07) is 4.82. The molecule has 1 heterocycles. The van der Waals surface area contributed by atoms with E-state index in [1.165, 1.54) is 12.1 Å². The van der Waals surface area contributed by atoms with Crippen molar-refractivity contribution in [2.45, 2.75) is 32.7 Å². The molecule has 2 amide bonds. The molecule has 1 N–H and O–H groups in total. The van der Waals surface area contributed by atoms with Gasteiger partial charge in [0.2, 0.25) is 0 Å². The maximum Gasteiger partial charge on any atom is 0.338 e. The lowest BCUT2D eigenvalue weighted by Gasteiger charge is -2.35. The summed E-state index contributed by atoms with van der Waals surface area (Å²) in [6.45, 7) is 4.23. The molecule has 0 aliphatic carbocycles. The number of urea groups is 1. The van der Waals surface area contributed by atoms with Gasteiger partial charge < -0.3 is 10.1 Å². The fraction of sp³-hybridized carbons (Fsp3) is 0.444. The van der Waals surface area contributed by atoms with Gasteiger partial charge in [-0.05, 0) is 44.4 Å². The van der Waals surface area contributed by atoms with E-state index in [2.05, 4.69) is 21.2 Å². The van der Waals surface area contributed by atoms with Gasteiger partial charge in [0.15, 0.2) is 0 Å². The average molecular weight is 413 g/mol. The molecule has 1 aliphatic rings. The molecule has 1 unspecified atom stereocenters. The highest BCUT2D eigenvalue weighted by molar-refractivity contribution is 9.09. The Morgan fingerprint density at radius 1 is 1.32 bits per heavy atom. The Morgan fingerprint density at radius 3 is 2.60 bits per heavy atom. The van der Waals surface area contributed by atoms with Crippen LogP contribution in [-0.2, 0) is 9.53 Å². The number of unbranched alkanes of at least 4 members (excludes halogenated alkanes) is 1. The van der Waals surface area contributed by atoms with Crippen LogP contribution in [0.2, 0.25) is 0 Å². The normalized spacial score (nSPS) is 17.5. The van der Waals surface area contributed by atoms with Crippen LogP contribution >= 0.6 is 15.9 Å². The van der Waals surface area contributed by atoms with Gasteiger partial charge in [-0.15, -0.1) is 0 Å². The molecule has 0 radical (unpaired) electrons. The van der Waals surface area contributed by atoms with Gasteiger partial charge in [-0.2, -0.15) is 0 Å². The van der Waals surface area contributed by atoms with Crippen LogP contribution in [0.25, 0.3) is 0 Å². The van der Waals surface area contributed by atoms with Crippen molar-refractivity contribution in [3.8, 4) is 0 Å². The van der Waals surface area contributed by atoms with Gasteiger partial charge in [-0.25, -0.2) is 14.0 Å². The Hall–Kier alpha value is -1.89. The SMILES string of the molecule is CCOC(=O)C1=C(C)N(CCCCBr)C(=O)NC1c1ccc(F)cc1. The van der Waals surface area contributed by atoms with Crippen molar-refractivity contribution < 1.29 is 18.7 Å². The van der Waals surface area contributed by atoms with Gasteiger partial charge in [-0.1, -0.05) is 28.1 Å². The molecule has 7 heteroatoms. The molecular formula is C18H22BrFN2O3. The minimum absolute atomic E-state index is 0.239. The second-order valence-corrected chi connectivity index (χ2v) is 6.49. The number of benzene rings is 1. The smallest absolute Gasteiger partial charge is 0.338 e. The predicted molar refractivity (Wildman–Crippen MR) is 96.7 cm³/mol. The number of rotatable bonds is 7. The van der Waals surface area contributed by atoms with E-state index >= 15 is 0 Å². The summed E-state index contributed by atoms with van der Waals surface area (Å²) in [7, 11) is 0. The van der Waals surface area contributed by atoms with Crippen LogP contribution in [0.5, 0.6) is 0 Å². The highest BCUT2D eigenvalue weighted by atomic mass is 79.9. The van der Waals surface area contributed by atoms with Gasteiger partial charge in [0.25, 0.3) is 0 Å². The number of carbonyl (C=O) groups excluding carboxylic acids is 2. The van der Waals surface area contributed by atoms with Crippen LogP contribution < -0.4 is 5.32 Å². The average Bonchev–Trinajstić information content (AvgIpc) is 2.58. The first-order chi connectivity index (χ1) is 12.0. The quantitative estimate of drug-likeness (QED) is 0.419. The van der Waals surface area contributed by atoms with Crippen molar-refractivity contribution in [2.75, 3.05) is 18.5 Å². The highest BCUT2D eigenvalue weighted by Gasteiger charge is 2.36. The minimum atomic E-state index is -0.653. The number of allylic oxidation sites excluding steroid dienone is 1. The van der Waals surface area contributed by atoms with Crippen LogP contribution in [0.4, 0.5) is 9.18 Å². The molecule has 0 spiro atoms. The summed E-state index contributed by atoms with van der Waals surface area (Å²) in [4.78, 5) is 26.6. The minimum Gasteiger partial charge on any atom is -0.463 e. The van der Waals surface area contributed by atoms with Gasteiger partial charge in [0.05, 0.1) is 18.2 Å². The number of nitrogens with zero attached hydrogens (tertiary/aromatic N) is 1. The number of alkyl halides is 1. The summed E-state index contributed by atoms with van der Waals surface area (Å²) < 4.78 is 18.4. The number of hydrogen-bond donors (Lipinski definition) is 1. The number of esters is 1. The Morgan fingerprint density at radius 2 is 2.00 bits per heavy atom. The molecule has 1 aromatic rings. The summed E-state index contributed by atoms with van der Waals surface area (Å²) in [5, 5.41) is 3.70. The van der Waals surface area contributed by atoms with Gasteiger partial charge in [0.1, 0.15) is 5.82 Å². The van der Waals surface area contributed by atoms with Crippen LogP contribution in [0.1, 0.15) is 38.3 Å². The van der Waals surface area contributed by atoms with Crippen LogP contribution in [0, 0.1) is 5.82 Å². The zero-order chi connectivity index (χ0) is 18.4. The zero-order valence-corrected chi connectivity index (χ0v) is 15.9. The van der Waals surface area contributed by atoms with Crippen molar-refractivity contribution in [1.29, 1.82) is 0 Å². The van der Waals surface area contributed by atoms with E-state index in [-0.39, 0.29) is 18.5 Å². The number of halogens is 2. The van der Waals surface area contributed by atoms with Gasteiger partial charge >= 0.3 is 12.0 Å². The second-order valence-electron chi connectivity index (χ2n) is 5.70. The third-order valence-electron chi connectivity index (χ3n) is 4.06. The van der Waals surface area contributed by atoms with E-state index in [0.29, 0.717) is 23.4 Å². The Bertz CT molecular complexity index is 661. The summed E-state index contributed by atoms with van der Waals surface area (Å²) in [5.41, 5.74) is 1.59. The first-order valence-electron chi connectivity index (χ1n) is 8.27. The lowest BCUT2D eigenvalue weighted by atomic mass is 9.95. The van der Waals surface area contributed by atoms with E-state index in [1.807, 2.05) is 0 Å². The molecule has 0 fully saturated rings. The first-order valence-corrected chi connectivity index (χ1v) is 9.39. The molecule has 25 heavy (non-hydrogen) atoms. The number of nitrogens with one attached hydrogen (secondary N) is 1. The molecule has 1 aliphatic heterocycles. The van der Waals surface area contributed by atoms with E-state index < -0.39 is 12.0 Å². The molecule has 5 nitrogen and oxygen atoms in total. The number of ether oxygens (including phenoxy) is 1. The summed E-state index contributed by atoms with van der Waals surface area (Å²) in [5.74, 6) is -0.847. The lowest BCUT2D eigenvalue weighted by molar-refractivity contribution is -0.139. The fourth-order valence-corrected chi connectivity index (χ4v) is 3.19. The van der Waals surface area contributed by atoms with E-state index in [4.69, 9.17) is 4.74 Å². The zero-order valence-electron chi connectivity index (χ0n) is 14.4. The van der Waals surface area contributed by atoms with Crippen molar-refractivity contribution in [1.82, 2.24) is 10.2 Å². The lowest BCUT2D eigenvalue weighted by Crippen LogP contribution is -2.48. The third-order valence-corrected chi connectivity index (χ3v) is 4.62. The Balaban J connectivity index is 2.40. The fourth-order valence-electron chi connectivity index (χ4n) is 2.79. The summed E-state index contributed by atoms with van der Waals surface area (Å²) in [6.07, 6.45) is 1.74. The number of carbonyl (C=O) groups is 2. The maximum absolute atomic E-state index is 13.2. The van der Waals surface area contributed by atoms with Gasteiger partial charge in [-0.3, -0.25) is 4.90 Å². The Labute approximate surface area is 155 Å². The topological polar surface area (TPSA) is 58.6 Å². The van der Waals surface area contributed by atoms with Crippen LogP contribution in [0.3, 0.4) is 0 Å².